The largest absolute Gasteiger partial charge is 0.368 e. The van der Waals surface area contributed by atoms with Gasteiger partial charge in [-0.25, -0.2) is 4.98 Å². The van der Waals surface area contributed by atoms with Gasteiger partial charge < -0.3 is 14.2 Å². The van der Waals surface area contributed by atoms with Crippen LogP contribution in [0.4, 0.5) is 5.69 Å². The summed E-state index contributed by atoms with van der Waals surface area (Å²) in [4.78, 5) is 21.5. The maximum atomic E-state index is 12.8. The van der Waals surface area contributed by atoms with E-state index >= 15 is 0 Å². The first-order chi connectivity index (χ1) is 12.1. The van der Waals surface area contributed by atoms with Crippen molar-refractivity contribution in [1.82, 2.24) is 14.3 Å². The number of amides is 1. The molecule has 0 bridgehead atoms. The van der Waals surface area contributed by atoms with Gasteiger partial charge in [-0.3, -0.25) is 4.79 Å². The molecule has 3 aromatic rings. The standard InChI is InChI=1S/C19H19ClN4O/c1-14-3-2-8-24-13-17(21-18(14)24)19(25)23-11-9-22(10-12-23)16-6-4-15(20)5-7-16/h2-8,13H,9-12H2,1H3. The van der Waals surface area contributed by atoms with E-state index in [2.05, 4.69) is 9.88 Å². The van der Waals surface area contributed by atoms with Crippen molar-refractivity contribution in [2.75, 3.05) is 31.1 Å². The zero-order valence-corrected chi connectivity index (χ0v) is 14.8. The number of hydrogen-bond acceptors (Lipinski definition) is 3. The summed E-state index contributed by atoms with van der Waals surface area (Å²) in [5, 5.41) is 0.736. The van der Waals surface area contributed by atoms with Crippen molar-refractivity contribution in [3.63, 3.8) is 0 Å². The van der Waals surface area contributed by atoms with Gasteiger partial charge in [0.1, 0.15) is 11.3 Å². The smallest absolute Gasteiger partial charge is 0.274 e. The molecule has 1 aliphatic heterocycles. The molecule has 2 aromatic heterocycles. The van der Waals surface area contributed by atoms with Gasteiger partial charge in [0.05, 0.1) is 0 Å². The van der Waals surface area contributed by atoms with Crippen molar-refractivity contribution in [1.29, 1.82) is 0 Å². The first kappa shape index (κ1) is 16.0. The van der Waals surface area contributed by atoms with Crippen LogP contribution in [0, 0.1) is 6.92 Å². The molecule has 3 heterocycles. The second-order valence-corrected chi connectivity index (χ2v) is 6.74. The van der Waals surface area contributed by atoms with Gasteiger partial charge in [-0.15, -0.1) is 0 Å². The number of aryl methyl sites for hydroxylation is 1. The summed E-state index contributed by atoms with van der Waals surface area (Å²) in [5.74, 6) is -0.00106. The molecule has 4 rings (SSSR count). The van der Waals surface area contributed by atoms with Crippen LogP contribution in [0.15, 0.2) is 48.8 Å². The van der Waals surface area contributed by atoms with E-state index in [9.17, 15) is 4.79 Å². The van der Waals surface area contributed by atoms with Gasteiger partial charge in [-0.1, -0.05) is 17.7 Å². The number of rotatable bonds is 2. The average molecular weight is 355 g/mol. The van der Waals surface area contributed by atoms with Gasteiger partial charge in [-0.05, 0) is 42.8 Å². The van der Waals surface area contributed by atoms with Crippen molar-refractivity contribution in [2.45, 2.75) is 6.92 Å². The van der Waals surface area contributed by atoms with Crippen LogP contribution in [0.1, 0.15) is 16.1 Å². The van der Waals surface area contributed by atoms with Gasteiger partial charge in [0, 0.05) is 49.3 Å². The molecule has 128 valence electrons. The van der Waals surface area contributed by atoms with Gasteiger partial charge in [0.15, 0.2) is 0 Å². The molecule has 6 heteroatoms. The SMILES string of the molecule is Cc1cccn2cc(C(=O)N3CCN(c4ccc(Cl)cc4)CC3)nc12. The maximum Gasteiger partial charge on any atom is 0.274 e. The molecular weight excluding hydrogens is 336 g/mol. The molecule has 1 aliphatic rings. The summed E-state index contributed by atoms with van der Waals surface area (Å²) in [6, 6.07) is 11.8. The Bertz CT molecular complexity index is 911. The molecule has 5 nitrogen and oxygen atoms in total. The highest BCUT2D eigenvalue weighted by Gasteiger charge is 2.24. The Morgan fingerprint density at radius 3 is 2.48 bits per heavy atom. The Labute approximate surface area is 151 Å². The van der Waals surface area contributed by atoms with Crippen molar-refractivity contribution < 1.29 is 4.79 Å². The van der Waals surface area contributed by atoms with Crippen LogP contribution in [-0.2, 0) is 0 Å². The second-order valence-electron chi connectivity index (χ2n) is 6.30. The van der Waals surface area contributed by atoms with E-state index in [0.29, 0.717) is 18.8 Å². The minimum absolute atomic E-state index is 0.00106. The van der Waals surface area contributed by atoms with Crippen LogP contribution < -0.4 is 4.90 Å². The number of anilines is 1. The Hall–Kier alpha value is -2.53. The summed E-state index contributed by atoms with van der Waals surface area (Å²) < 4.78 is 1.91. The predicted molar refractivity (Wildman–Crippen MR) is 99.5 cm³/mol. The number of fused-ring (bicyclic) bond motifs is 1. The van der Waals surface area contributed by atoms with Crippen LogP contribution in [0.2, 0.25) is 5.02 Å². The van der Waals surface area contributed by atoms with Crippen LogP contribution in [0.25, 0.3) is 5.65 Å². The van der Waals surface area contributed by atoms with Crippen molar-refractivity contribution in [3.05, 3.63) is 65.1 Å². The van der Waals surface area contributed by atoms with Crippen molar-refractivity contribution >= 4 is 28.8 Å². The van der Waals surface area contributed by atoms with Gasteiger partial charge >= 0.3 is 0 Å². The molecule has 1 amide bonds. The van der Waals surface area contributed by atoms with E-state index in [1.54, 1.807) is 0 Å². The fraction of sp³-hybridized carbons (Fsp3) is 0.263. The molecule has 0 unspecified atom stereocenters. The van der Waals surface area contributed by atoms with E-state index in [1.165, 1.54) is 0 Å². The Kier molecular flexibility index (Phi) is 4.09. The Morgan fingerprint density at radius 1 is 1.08 bits per heavy atom. The number of benzene rings is 1. The minimum Gasteiger partial charge on any atom is -0.368 e. The lowest BCUT2D eigenvalue weighted by Gasteiger charge is -2.35. The third-order valence-corrected chi connectivity index (χ3v) is 4.91. The van der Waals surface area contributed by atoms with E-state index < -0.39 is 0 Å². The zero-order chi connectivity index (χ0) is 17.4. The minimum atomic E-state index is -0.00106. The number of hydrogen-bond donors (Lipinski definition) is 0. The molecule has 0 N–H and O–H groups in total. The summed E-state index contributed by atoms with van der Waals surface area (Å²) in [6.45, 7) is 4.99. The Balaban J connectivity index is 1.47. The molecule has 25 heavy (non-hydrogen) atoms. The first-order valence-corrected chi connectivity index (χ1v) is 8.74. The Morgan fingerprint density at radius 2 is 1.80 bits per heavy atom. The maximum absolute atomic E-state index is 12.8. The average Bonchev–Trinajstić information content (AvgIpc) is 3.08. The van der Waals surface area contributed by atoms with E-state index in [0.717, 1.165) is 35.0 Å². The number of piperazine rings is 1. The predicted octanol–water partition coefficient (Wildman–Crippen LogP) is 3.26. The molecule has 0 saturated carbocycles. The lowest BCUT2D eigenvalue weighted by molar-refractivity contribution is 0.0741. The fourth-order valence-electron chi connectivity index (χ4n) is 3.24. The van der Waals surface area contributed by atoms with Gasteiger partial charge in [0.25, 0.3) is 5.91 Å². The zero-order valence-electron chi connectivity index (χ0n) is 14.0. The van der Waals surface area contributed by atoms with Crippen LogP contribution in [0.5, 0.6) is 0 Å². The van der Waals surface area contributed by atoms with Gasteiger partial charge in [0.2, 0.25) is 0 Å². The first-order valence-electron chi connectivity index (χ1n) is 8.36. The number of nitrogens with zero attached hydrogens (tertiary/aromatic N) is 4. The normalized spacial score (nSPS) is 15.0. The highest BCUT2D eigenvalue weighted by Crippen LogP contribution is 2.20. The number of halogens is 1. The third kappa shape index (κ3) is 3.07. The van der Waals surface area contributed by atoms with E-state index in [1.807, 2.05) is 65.0 Å². The quantitative estimate of drug-likeness (QED) is 0.709. The van der Waals surface area contributed by atoms with Crippen LogP contribution in [-0.4, -0.2) is 46.4 Å². The molecule has 0 atom stereocenters. The third-order valence-electron chi connectivity index (χ3n) is 4.66. The van der Waals surface area contributed by atoms with Crippen molar-refractivity contribution in [2.24, 2.45) is 0 Å². The highest BCUT2D eigenvalue weighted by atomic mass is 35.5. The summed E-state index contributed by atoms with van der Waals surface area (Å²) in [6.07, 6.45) is 3.74. The molecule has 1 aromatic carbocycles. The lowest BCUT2D eigenvalue weighted by atomic mass is 10.2. The molecule has 1 fully saturated rings. The number of imidazole rings is 1. The molecule has 0 radical (unpaired) electrons. The van der Waals surface area contributed by atoms with Crippen LogP contribution >= 0.6 is 11.6 Å². The topological polar surface area (TPSA) is 40.9 Å². The summed E-state index contributed by atoms with van der Waals surface area (Å²) >= 11 is 5.95. The number of aromatic nitrogens is 2. The fourth-order valence-corrected chi connectivity index (χ4v) is 3.36. The highest BCUT2D eigenvalue weighted by molar-refractivity contribution is 6.30. The van der Waals surface area contributed by atoms with E-state index in [4.69, 9.17) is 11.6 Å². The monoisotopic (exact) mass is 354 g/mol. The van der Waals surface area contributed by atoms with Crippen LogP contribution in [0.3, 0.4) is 0 Å². The summed E-state index contributed by atoms with van der Waals surface area (Å²) in [7, 11) is 0. The summed E-state index contributed by atoms with van der Waals surface area (Å²) in [5.41, 5.74) is 3.55. The number of carbonyl (C=O) groups is 1. The van der Waals surface area contributed by atoms with Gasteiger partial charge in [-0.2, -0.15) is 0 Å². The number of pyridine rings is 1. The molecule has 0 spiro atoms. The van der Waals surface area contributed by atoms with E-state index in [-0.39, 0.29) is 5.91 Å². The second kappa shape index (κ2) is 6.41. The molecular formula is C19H19ClN4O. The number of carbonyl (C=O) groups excluding carboxylic acids is 1. The lowest BCUT2D eigenvalue weighted by Crippen LogP contribution is -2.48. The molecule has 0 aliphatic carbocycles. The molecule has 1 saturated heterocycles. The van der Waals surface area contributed by atoms with Crippen molar-refractivity contribution in [3.8, 4) is 0 Å².